The summed E-state index contributed by atoms with van der Waals surface area (Å²) in [7, 11) is 1.56. The number of pyridine rings is 1. The molecule has 1 fully saturated rings. The second-order valence-corrected chi connectivity index (χ2v) is 6.77. The molecule has 0 spiro atoms. The minimum atomic E-state index is -0.177. The van der Waals surface area contributed by atoms with Crippen LogP contribution in [0.3, 0.4) is 0 Å². The number of carbonyl (C=O) groups excluding carboxylic acids is 1. The lowest BCUT2D eigenvalue weighted by molar-refractivity contribution is 0.102. The average molecular weight is 353 g/mol. The summed E-state index contributed by atoms with van der Waals surface area (Å²) >= 11 is 0. The van der Waals surface area contributed by atoms with Gasteiger partial charge < -0.3 is 14.8 Å². The van der Waals surface area contributed by atoms with Crippen molar-refractivity contribution in [3.8, 4) is 11.6 Å². The second-order valence-electron chi connectivity index (χ2n) is 6.77. The minimum absolute atomic E-state index is 0.177. The molecule has 1 amide bonds. The maximum absolute atomic E-state index is 12.5. The smallest absolute Gasteiger partial charge is 0.255 e. The van der Waals surface area contributed by atoms with Crippen LogP contribution in [0.2, 0.25) is 0 Å². The van der Waals surface area contributed by atoms with E-state index in [2.05, 4.69) is 15.2 Å². The fraction of sp³-hybridized carbons (Fsp3) is 0.400. The number of hydrogen-bond donors (Lipinski definition) is 1. The second kappa shape index (κ2) is 7.33. The number of anilines is 1. The average Bonchev–Trinajstić information content (AvgIpc) is 2.82. The van der Waals surface area contributed by atoms with Crippen LogP contribution in [0.15, 0.2) is 36.5 Å². The Labute approximate surface area is 153 Å². The predicted octanol–water partition coefficient (Wildman–Crippen LogP) is 3.09. The highest BCUT2D eigenvalue weighted by molar-refractivity contribution is 6.04. The third-order valence-corrected chi connectivity index (χ3v) is 5.13. The molecule has 1 aliphatic carbocycles. The molecule has 1 aromatic carbocycles. The monoisotopic (exact) mass is 353 g/mol. The number of amides is 1. The van der Waals surface area contributed by atoms with Gasteiger partial charge in [0, 0.05) is 36.3 Å². The molecule has 1 N–H and O–H groups in total. The number of rotatable bonds is 4. The van der Waals surface area contributed by atoms with Gasteiger partial charge in [0.1, 0.15) is 12.4 Å². The van der Waals surface area contributed by atoms with Crippen molar-refractivity contribution in [3.05, 3.63) is 47.7 Å². The number of carbonyl (C=O) groups is 1. The molecule has 0 saturated heterocycles. The quantitative estimate of drug-likeness (QED) is 0.915. The maximum Gasteiger partial charge on any atom is 0.255 e. The summed E-state index contributed by atoms with van der Waals surface area (Å²) in [6, 6.07) is 9.87. The predicted molar refractivity (Wildman–Crippen MR) is 98.7 cm³/mol. The fourth-order valence-electron chi connectivity index (χ4n) is 3.37. The molecule has 2 aliphatic rings. The standard InChI is InChI=1S/C20H23N3O3/c1-25-19-8-7-16(12-21-19)22-20(24)14-5-6-15-13-23(17-3-2-4-17)9-10-26-18(15)11-14/h5-8,11-12,17H,2-4,9-10,13H2,1H3,(H,22,24). The third kappa shape index (κ3) is 3.51. The van der Waals surface area contributed by atoms with Crippen LogP contribution in [-0.2, 0) is 6.54 Å². The summed E-state index contributed by atoms with van der Waals surface area (Å²) in [5.41, 5.74) is 2.36. The fourth-order valence-corrected chi connectivity index (χ4v) is 3.37. The number of methoxy groups -OCH3 is 1. The molecule has 6 heteroatoms. The van der Waals surface area contributed by atoms with Gasteiger partial charge in [-0.15, -0.1) is 0 Å². The van der Waals surface area contributed by atoms with E-state index < -0.39 is 0 Å². The van der Waals surface area contributed by atoms with E-state index in [0.29, 0.717) is 29.8 Å². The van der Waals surface area contributed by atoms with Gasteiger partial charge in [-0.05, 0) is 31.0 Å². The number of nitrogens with zero attached hydrogens (tertiary/aromatic N) is 2. The Morgan fingerprint density at radius 2 is 2.19 bits per heavy atom. The Morgan fingerprint density at radius 1 is 1.31 bits per heavy atom. The summed E-state index contributed by atoms with van der Waals surface area (Å²) in [6.45, 7) is 2.50. The Morgan fingerprint density at radius 3 is 2.88 bits per heavy atom. The van der Waals surface area contributed by atoms with E-state index in [1.807, 2.05) is 18.2 Å². The molecule has 136 valence electrons. The van der Waals surface area contributed by atoms with Gasteiger partial charge >= 0.3 is 0 Å². The van der Waals surface area contributed by atoms with Crippen molar-refractivity contribution < 1.29 is 14.3 Å². The van der Waals surface area contributed by atoms with Crippen molar-refractivity contribution in [2.75, 3.05) is 25.6 Å². The van der Waals surface area contributed by atoms with Crippen LogP contribution in [0.5, 0.6) is 11.6 Å². The number of ether oxygens (including phenoxy) is 2. The van der Waals surface area contributed by atoms with E-state index in [1.165, 1.54) is 19.3 Å². The molecule has 2 aromatic rings. The number of benzene rings is 1. The van der Waals surface area contributed by atoms with Gasteiger partial charge in [0.15, 0.2) is 0 Å². The van der Waals surface area contributed by atoms with Gasteiger partial charge in [0.25, 0.3) is 5.91 Å². The Hall–Kier alpha value is -2.60. The first-order valence-corrected chi connectivity index (χ1v) is 9.04. The molecule has 1 saturated carbocycles. The van der Waals surface area contributed by atoms with Crippen molar-refractivity contribution in [3.63, 3.8) is 0 Å². The lowest BCUT2D eigenvalue weighted by Crippen LogP contribution is -2.40. The Bertz CT molecular complexity index is 787. The van der Waals surface area contributed by atoms with Crippen LogP contribution in [0.25, 0.3) is 0 Å². The first-order chi connectivity index (χ1) is 12.7. The van der Waals surface area contributed by atoms with Crippen LogP contribution in [0.4, 0.5) is 5.69 Å². The summed E-state index contributed by atoms with van der Waals surface area (Å²) < 4.78 is 10.9. The van der Waals surface area contributed by atoms with E-state index in [9.17, 15) is 4.79 Å². The van der Waals surface area contributed by atoms with Crippen LogP contribution in [0, 0.1) is 0 Å². The highest BCUT2D eigenvalue weighted by Crippen LogP contribution is 2.31. The molecular weight excluding hydrogens is 330 g/mol. The highest BCUT2D eigenvalue weighted by Gasteiger charge is 2.27. The summed E-state index contributed by atoms with van der Waals surface area (Å²) in [4.78, 5) is 19.1. The van der Waals surface area contributed by atoms with Gasteiger partial charge in [-0.3, -0.25) is 9.69 Å². The minimum Gasteiger partial charge on any atom is -0.492 e. The van der Waals surface area contributed by atoms with Crippen molar-refractivity contribution in [1.29, 1.82) is 0 Å². The van der Waals surface area contributed by atoms with Gasteiger partial charge in [-0.25, -0.2) is 4.98 Å². The zero-order valence-electron chi connectivity index (χ0n) is 14.9. The molecule has 4 rings (SSSR count). The number of fused-ring (bicyclic) bond motifs is 1. The first kappa shape index (κ1) is 16.8. The molecule has 2 heterocycles. The van der Waals surface area contributed by atoms with E-state index in [0.717, 1.165) is 24.4 Å². The molecule has 0 atom stereocenters. The molecule has 1 aliphatic heterocycles. The van der Waals surface area contributed by atoms with Gasteiger partial charge in [-0.2, -0.15) is 0 Å². The van der Waals surface area contributed by atoms with Crippen LogP contribution < -0.4 is 14.8 Å². The summed E-state index contributed by atoms with van der Waals surface area (Å²) in [5, 5.41) is 2.85. The molecule has 0 unspecified atom stereocenters. The van der Waals surface area contributed by atoms with Crippen molar-refractivity contribution in [2.24, 2.45) is 0 Å². The van der Waals surface area contributed by atoms with Crippen molar-refractivity contribution in [1.82, 2.24) is 9.88 Å². The lowest BCUT2D eigenvalue weighted by Gasteiger charge is -2.36. The molecule has 0 radical (unpaired) electrons. The molecular formula is C20H23N3O3. The van der Waals surface area contributed by atoms with Gasteiger partial charge in [-0.1, -0.05) is 12.5 Å². The van der Waals surface area contributed by atoms with Crippen LogP contribution >= 0.6 is 0 Å². The normalized spacial score (nSPS) is 17.4. The summed E-state index contributed by atoms with van der Waals surface area (Å²) in [5.74, 6) is 1.15. The van der Waals surface area contributed by atoms with Crippen molar-refractivity contribution in [2.45, 2.75) is 31.8 Å². The van der Waals surface area contributed by atoms with Gasteiger partial charge in [0.05, 0.1) is 19.0 Å². The van der Waals surface area contributed by atoms with E-state index in [1.54, 1.807) is 25.4 Å². The van der Waals surface area contributed by atoms with Crippen molar-refractivity contribution >= 4 is 11.6 Å². The molecule has 0 bridgehead atoms. The zero-order valence-corrected chi connectivity index (χ0v) is 14.9. The SMILES string of the molecule is COc1ccc(NC(=O)c2ccc3c(c2)OCCN(C2CCC2)C3)cn1. The van der Waals surface area contributed by atoms with Gasteiger partial charge in [0.2, 0.25) is 5.88 Å². The molecule has 26 heavy (non-hydrogen) atoms. The number of nitrogens with one attached hydrogen (secondary N) is 1. The molecule has 1 aromatic heterocycles. The topological polar surface area (TPSA) is 63.7 Å². The summed E-state index contributed by atoms with van der Waals surface area (Å²) in [6.07, 6.45) is 5.47. The number of hydrogen-bond acceptors (Lipinski definition) is 5. The van der Waals surface area contributed by atoms with E-state index in [-0.39, 0.29) is 5.91 Å². The first-order valence-electron chi connectivity index (χ1n) is 9.04. The largest absolute Gasteiger partial charge is 0.492 e. The zero-order chi connectivity index (χ0) is 17.9. The molecule has 6 nitrogen and oxygen atoms in total. The van der Waals surface area contributed by atoms with Crippen LogP contribution in [-0.4, -0.2) is 42.1 Å². The van der Waals surface area contributed by atoms with Crippen LogP contribution in [0.1, 0.15) is 35.2 Å². The Kier molecular flexibility index (Phi) is 4.75. The number of aromatic nitrogens is 1. The highest BCUT2D eigenvalue weighted by atomic mass is 16.5. The maximum atomic E-state index is 12.5. The third-order valence-electron chi connectivity index (χ3n) is 5.13. The van der Waals surface area contributed by atoms with E-state index in [4.69, 9.17) is 9.47 Å². The lowest BCUT2D eigenvalue weighted by atomic mass is 9.91. The van der Waals surface area contributed by atoms with E-state index >= 15 is 0 Å². The Balaban J connectivity index is 1.47.